The third kappa shape index (κ3) is 1.45. The molecule has 2 bridgehead atoms. The number of nitrogens with zero attached hydrogens (tertiary/aromatic N) is 2. The lowest BCUT2D eigenvalue weighted by Gasteiger charge is -2.39. The molecule has 1 aromatic heterocycles. The summed E-state index contributed by atoms with van der Waals surface area (Å²) >= 11 is 0. The molecule has 3 aliphatic rings. The molecule has 7 nitrogen and oxygen atoms in total. The van der Waals surface area contributed by atoms with Gasteiger partial charge in [0, 0.05) is 6.54 Å². The first-order valence-electron chi connectivity index (χ1n) is 6.81. The molecular weight excluding hydrogens is 272 g/mol. The molecule has 4 N–H and O–H groups in total. The Morgan fingerprint density at radius 2 is 2.19 bits per heavy atom. The first-order valence-corrected chi connectivity index (χ1v) is 6.81. The minimum absolute atomic E-state index is 0.349. The molecule has 7 heteroatoms. The maximum absolute atomic E-state index is 11.5. The SMILES string of the molecule is NC(=O)c1cccc2[nH]c(C34CC(CN3C(=O)O)C4)nc12. The molecule has 2 aromatic rings. The van der Waals surface area contributed by atoms with Gasteiger partial charge < -0.3 is 15.8 Å². The van der Waals surface area contributed by atoms with Crippen LogP contribution in [0.4, 0.5) is 4.79 Å². The van der Waals surface area contributed by atoms with E-state index in [-0.39, 0.29) is 0 Å². The van der Waals surface area contributed by atoms with Crippen molar-refractivity contribution in [3.63, 3.8) is 0 Å². The molecule has 3 heterocycles. The van der Waals surface area contributed by atoms with Gasteiger partial charge in [-0.1, -0.05) is 6.07 Å². The number of nitrogens with one attached hydrogen (secondary N) is 1. The molecule has 3 fully saturated rings. The van der Waals surface area contributed by atoms with Crippen LogP contribution in [0, 0.1) is 5.92 Å². The quantitative estimate of drug-likeness (QED) is 0.771. The molecule has 21 heavy (non-hydrogen) atoms. The number of hydrogen-bond donors (Lipinski definition) is 3. The Morgan fingerprint density at radius 1 is 1.43 bits per heavy atom. The number of nitrogens with two attached hydrogens (primary N) is 1. The van der Waals surface area contributed by atoms with E-state index in [4.69, 9.17) is 5.73 Å². The Bertz CT molecular complexity index is 776. The van der Waals surface area contributed by atoms with Crippen LogP contribution in [0.3, 0.4) is 0 Å². The number of carbonyl (C=O) groups excluding carboxylic acids is 1. The molecule has 1 aromatic carbocycles. The predicted octanol–water partition coefficient (Wildman–Crippen LogP) is 1.26. The van der Waals surface area contributed by atoms with Crippen LogP contribution in [0.5, 0.6) is 0 Å². The fraction of sp³-hybridized carbons (Fsp3) is 0.357. The number of primary amides is 1. The van der Waals surface area contributed by atoms with Crippen LogP contribution in [-0.2, 0) is 5.54 Å². The number of aromatic amines is 1. The zero-order valence-electron chi connectivity index (χ0n) is 11.2. The van der Waals surface area contributed by atoms with E-state index in [1.807, 2.05) is 6.07 Å². The van der Waals surface area contributed by atoms with Crippen molar-refractivity contribution < 1.29 is 14.7 Å². The lowest BCUT2D eigenvalue weighted by molar-refractivity contribution is 0.0828. The second-order valence-corrected chi connectivity index (χ2v) is 5.85. The van der Waals surface area contributed by atoms with Crippen molar-refractivity contribution in [2.45, 2.75) is 18.4 Å². The van der Waals surface area contributed by atoms with Gasteiger partial charge in [0.2, 0.25) is 0 Å². The summed E-state index contributed by atoms with van der Waals surface area (Å²) in [5.74, 6) is 0.483. The molecule has 0 unspecified atom stereocenters. The van der Waals surface area contributed by atoms with E-state index in [0.717, 1.165) is 12.8 Å². The second kappa shape index (κ2) is 3.75. The molecule has 5 rings (SSSR count). The highest BCUT2D eigenvalue weighted by molar-refractivity contribution is 6.04. The summed E-state index contributed by atoms with van der Waals surface area (Å²) in [4.78, 5) is 32.0. The van der Waals surface area contributed by atoms with E-state index in [1.54, 1.807) is 12.1 Å². The molecule has 1 saturated carbocycles. The Labute approximate surface area is 119 Å². The highest BCUT2D eigenvalue weighted by Crippen LogP contribution is 2.56. The number of amides is 2. The maximum atomic E-state index is 11.5. The van der Waals surface area contributed by atoms with E-state index < -0.39 is 17.5 Å². The van der Waals surface area contributed by atoms with Gasteiger partial charge in [-0.3, -0.25) is 9.69 Å². The van der Waals surface area contributed by atoms with E-state index >= 15 is 0 Å². The van der Waals surface area contributed by atoms with Crippen LogP contribution < -0.4 is 5.73 Å². The van der Waals surface area contributed by atoms with Gasteiger partial charge in [0.25, 0.3) is 5.91 Å². The van der Waals surface area contributed by atoms with Crippen LogP contribution in [0.2, 0.25) is 0 Å². The van der Waals surface area contributed by atoms with Crippen LogP contribution in [-0.4, -0.2) is 38.5 Å². The van der Waals surface area contributed by atoms with Crippen molar-refractivity contribution in [2.24, 2.45) is 11.7 Å². The lowest BCUT2D eigenvalue weighted by atomic mass is 9.73. The van der Waals surface area contributed by atoms with Gasteiger partial charge in [0.1, 0.15) is 16.9 Å². The van der Waals surface area contributed by atoms with Gasteiger partial charge in [0.15, 0.2) is 0 Å². The third-order valence-electron chi connectivity index (χ3n) is 4.66. The van der Waals surface area contributed by atoms with E-state index in [1.165, 1.54) is 4.90 Å². The van der Waals surface area contributed by atoms with Gasteiger partial charge in [-0.15, -0.1) is 0 Å². The van der Waals surface area contributed by atoms with Crippen molar-refractivity contribution in [2.75, 3.05) is 6.54 Å². The Morgan fingerprint density at radius 3 is 2.86 bits per heavy atom. The number of aromatic nitrogens is 2. The molecule has 0 atom stereocenters. The minimum Gasteiger partial charge on any atom is -0.465 e. The van der Waals surface area contributed by atoms with Crippen LogP contribution >= 0.6 is 0 Å². The van der Waals surface area contributed by atoms with Crippen LogP contribution in [0.15, 0.2) is 18.2 Å². The molecule has 108 valence electrons. The Balaban J connectivity index is 1.87. The van der Waals surface area contributed by atoms with Gasteiger partial charge in [-0.25, -0.2) is 9.78 Å². The average Bonchev–Trinajstić information content (AvgIpc) is 3.07. The van der Waals surface area contributed by atoms with E-state index in [0.29, 0.717) is 34.9 Å². The molecule has 0 spiro atoms. The maximum Gasteiger partial charge on any atom is 0.408 e. The third-order valence-corrected chi connectivity index (χ3v) is 4.66. The number of rotatable bonds is 2. The highest BCUT2D eigenvalue weighted by Gasteiger charge is 2.60. The van der Waals surface area contributed by atoms with Gasteiger partial charge in [0.05, 0.1) is 11.1 Å². The summed E-state index contributed by atoms with van der Waals surface area (Å²) in [7, 11) is 0. The number of H-pyrrole nitrogens is 1. The number of carbonyl (C=O) groups is 2. The topological polar surface area (TPSA) is 112 Å². The fourth-order valence-corrected chi connectivity index (χ4v) is 3.71. The fourth-order valence-electron chi connectivity index (χ4n) is 3.71. The Kier molecular flexibility index (Phi) is 2.18. The van der Waals surface area contributed by atoms with Crippen LogP contribution in [0.25, 0.3) is 11.0 Å². The number of para-hydroxylation sites is 1. The zero-order valence-corrected chi connectivity index (χ0v) is 11.2. The van der Waals surface area contributed by atoms with Gasteiger partial charge in [-0.05, 0) is 30.9 Å². The highest BCUT2D eigenvalue weighted by atomic mass is 16.4. The summed E-state index contributed by atoms with van der Waals surface area (Å²) in [6.07, 6.45) is 0.640. The van der Waals surface area contributed by atoms with Gasteiger partial charge in [-0.2, -0.15) is 0 Å². The predicted molar refractivity (Wildman–Crippen MR) is 73.7 cm³/mol. The van der Waals surface area contributed by atoms with Crippen molar-refractivity contribution in [3.05, 3.63) is 29.6 Å². The number of benzene rings is 1. The van der Waals surface area contributed by atoms with Crippen molar-refractivity contribution in [1.82, 2.24) is 14.9 Å². The first kappa shape index (κ1) is 12.2. The number of carboxylic acid groups (broad SMARTS) is 1. The summed E-state index contributed by atoms with van der Waals surface area (Å²) in [5.41, 5.74) is 6.36. The second-order valence-electron chi connectivity index (χ2n) is 5.85. The molecule has 0 radical (unpaired) electrons. The molecule has 1 aliphatic carbocycles. The van der Waals surface area contributed by atoms with Crippen molar-refractivity contribution >= 4 is 23.0 Å². The molecular formula is C14H14N4O3. The van der Waals surface area contributed by atoms with Gasteiger partial charge >= 0.3 is 6.09 Å². The smallest absolute Gasteiger partial charge is 0.408 e. The standard InChI is InChI=1S/C14H14N4O3/c15-11(19)8-2-1-3-9-10(8)17-12(16-9)14-4-7(5-14)6-18(14)13(20)21/h1-3,7H,4-6H2,(H2,15,19)(H,16,17)(H,20,21). The van der Waals surface area contributed by atoms with Crippen LogP contribution in [0.1, 0.15) is 29.0 Å². The summed E-state index contributed by atoms with van der Waals surface area (Å²) < 4.78 is 0. The first-order chi connectivity index (χ1) is 10.0. The minimum atomic E-state index is -0.925. The van der Waals surface area contributed by atoms with E-state index in [9.17, 15) is 14.7 Å². The Hall–Kier alpha value is -2.57. The monoisotopic (exact) mass is 286 g/mol. The number of hydrogen-bond acceptors (Lipinski definition) is 3. The van der Waals surface area contributed by atoms with E-state index in [2.05, 4.69) is 9.97 Å². The normalized spacial score (nSPS) is 26.9. The summed E-state index contributed by atoms with van der Waals surface area (Å²) in [6.45, 7) is 0.551. The lowest BCUT2D eigenvalue weighted by Crippen LogP contribution is -2.46. The largest absolute Gasteiger partial charge is 0.465 e. The average molecular weight is 286 g/mol. The molecule has 2 aliphatic heterocycles. The van der Waals surface area contributed by atoms with Crippen molar-refractivity contribution in [3.8, 4) is 0 Å². The zero-order chi connectivity index (χ0) is 14.8. The van der Waals surface area contributed by atoms with Crippen molar-refractivity contribution in [1.29, 1.82) is 0 Å². The molecule has 2 saturated heterocycles. The number of fused-ring (bicyclic) bond motifs is 2. The molecule has 2 amide bonds. The summed E-state index contributed by atoms with van der Waals surface area (Å²) in [5, 5.41) is 9.36. The number of imidazole rings is 1. The summed E-state index contributed by atoms with van der Waals surface area (Å²) in [6, 6.07) is 5.17.